The lowest BCUT2D eigenvalue weighted by atomic mass is 10.0. The monoisotopic (exact) mass is 693 g/mol. The first-order valence-electron chi connectivity index (χ1n) is 18.1. The van der Waals surface area contributed by atoms with Crippen molar-refractivity contribution >= 4 is 71.9 Å². The molecule has 0 saturated heterocycles. The maximum absolute atomic E-state index is 6.83. The highest BCUT2D eigenvalue weighted by atomic mass is 16.4. The van der Waals surface area contributed by atoms with Crippen LogP contribution in [0.1, 0.15) is 0 Å². The standard InChI is InChI=1S/C49H31N3O2/c1-4-15-32(16-5-1)34-19-14-22-36(29-34)51(37-27-28-43-40(30-37)38-23-10-12-25-42(38)52(43)35-20-8-3-9-21-35)44-31-41-47(54-49(50-41)33-17-6-2-7-18-33)46-39-24-11-13-26-45(39)53-48(44)46/h1-31H. The lowest BCUT2D eigenvalue weighted by Gasteiger charge is -2.26. The molecule has 0 saturated carbocycles. The minimum atomic E-state index is 0.571. The average molecular weight is 694 g/mol. The highest BCUT2D eigenvalue weighted by molar-refractivity contribution is 6.21. The number of para-hydroxylation sites is 3. The lowest BCUT2D eigenvalue weighted by Crippen LogP contribution is -2.10. The molecule has 0 N–H and O–H groups in total. The van der Waals surface area contributed by atoms with Crippen molar-refractivity contribution in [1.82, 2.24) is 9.55 Å². The Morgan fingerprint density at radius 2 is 1.09 bits per heavy atom. The zero-order valence-corrected chi connectivity index (χ0v) is 29.1. The van der Waals surface area contributed by atoms with Gasteiger partial charge in [0.25, 0.3) is 0 Å². The molecule has 3 aromatic heterocycles. The number of oxazole rings is 1. The highest BCUT2D eigenvalue weighted by Crippen LogP contribution is 2.47. The fourth-order valence-electron chi connectivity index (χ4n) is 7.96. The summed E-state index contributed by atoms with van der Waals surface area (Å²) >= 11 is 0. The Hall–Kier alpha value is -7.37. The summed E-state index contributed by atoms with van der Waals surface area (Å²) in [5, 5.41) is 4.23. The molecule has 11 rings (SSSR count). The molecule has 0 aliphatic rings. The minimum absolute atomic E-state index is 0.571. The minimum Gasteiger partial charge on any atom is -0.454 e. The molecule has 0 radical (unpaired) electrons. The van der Waals surface area contributed by atoms with Crippen LogP contribution in [0.4, 0.5) is 17.1 Å². The Morgan fingerprint density at radius 1 is 0.444 bits per heavy atom. The number of hydrogen-bond donors (Lipinski definition) is 0. The topological polar surface area (TPSA) is 47.3 Å². The fourth-order valence-corrected chi connectivity index (χ4v) is 7.96. The van der Waals surface area contributed by atoms with Crippen molar-refractivity contribution < 1.29 is 8.83 Å². The second-order valence-corrected chi connectivity index (χ2v) is 13.6. The summed E-state index contributed by atoms with van der Waals surface area (Å²) in [6.45, 7) is 0. The zero-order chi connectivity index (χ0) is 35.6. The van der Waals surface area contributed by atoms with E-state index in [1.54, 1.807) is 0 Å². The summed E-state index contributed by atoms with van der Waals surface area (Å²) in [5.74, 6) is 0.571. The fraction of sp³-hybridized carbons (Fsp3) is 0. The normalized spacial score (nSPS) is 11.7. The van der Waals surface area contributed by atoms with Crippen LogP contribution in [0, 0.1) is 0 Å². The second kappa shape index (κ2) is 12.1. The molecule has 54 heavy (non-hydrogen) atoms. The van der Waals surface area contributed by atoms with Crippen molar-refractivity contribution in [3.05, 3.63) is 188 Å². The van der Waals surface area contributed by atoms with Crippen LogP contribution in [0.15, 0.2) is 197 Å². The Kier molecular flexibility index (Phi) is 6.79. The third-order valence-corrected chi connectivity index (χ3v) is 10.4. The van der Waals surface area contributed by atoms with Crippen LogP contribution in [0.3, 0.4) is 0 Å². The van der Waals surface area contributed by atoms with Gasteiger partial charge in [0.15, 0.2) is 11.2 Å². The van der Waals surface area contributed by atoms with Gasteiger partial charge in [-0.05, 0) is 83.9 Å². The second-order valence-electron chi connectivity index (χ2n) is 13.6. The van der Waals surface area contributed by atoms with E-state index in [4.69, 9.17) is 13.8 Å². The quantitative estimate of drug-likeness (QED) is 0.174. The Bertz CT molecular complexity index is 3160. The Labute approximate surface area is 310 Å². The molecule has 0 aliphatic carbocycles. The van der Waals surface area contributed by atoms with E-state index in [1.165, 1.54) is 5.39 Å². The first-order chi connectivity index (χ1) is 26.8. The van der Waals surface area contributed by atoms with Gasteiger partial charge < -0.3 is 18.3 Å². The predicted molar refractivity (Wildman–Crippen MR) is 221 cm³/mol. The summed E-state index contributed by atoms with van der Waals surface area (Å²) in [6, 6.07) is 65.5. The van der Waals surface area contributed by atoms with Gasteiger partial charge in [-0.3, -0.25) is 0 Å². The van der Waals surface area contributed by atoms with Gasteiger partial charge in [0.2, 0.25) is 5.89 Å². The average Bonchev–Trinajstić information content (AvgIpc) is 3.94. The van der Waals surface area contributed by atoms with Gasteiger partial charge in [-0.25, -0.2) is 4.98 Å². The Morgan fingerprint density at radius 3 is 1.91 bits per heavy atom. The van der Waals surface area contributed by atoms with Crippen molar-refractivity contribution in [3.8, 4) is 28.3 Å². The first kappa shape index (κ1) is 30.3. The molecular formula is C49H31N3O2. The van der Waals surface area contributed by atoms with Crippen molar-refractivity contribution in [3.63, 3.8) is 0 Å². The number of hydrogen-bond acceptors (Lipinski definition) is 4. The molecule has 5 heteroatoms. The molecule has 254 valence electrons. The molecule has 0 spiro atoms. The SMILES string of the molecule is c1ccc(-c2cccc(N(c3ccc4c(c3)c3ccccc3n4-c3ccccc3)c3cc4nc(-c5ccccc5)oc4c4c3oc3ccccc34)c2)cc1. The van der Waals surface area contributed by atoms with Gasteiger partial charge in [-0.2, -0.15) is 0 Å². The summed E-state index contributed by atoms with van der Waals surface area (Å²) in [7, 11) is 0. The van der Waals surface area contributed by atoms with E-state index in [2.05, 4.69) is 149 Å². The molecule has 0 amide bonds. The van der Waals surface area contributed by atoms with Gasteiger partial charge in [-0.15, -0.1) is 0 Å². The number of furan rings is 1. The van der Waals surface area contributed by atoms with Gasteiger partial charge in [0, 0.05) is 38.8 Å². The largest absolute Gasteiger partial charge is 0.454 e. The number of benzene rings is 8. The van der Waals surface area contributed by atoms with E-state index in [9.17, 15) is 0 Å². The summed E-state index contributed by atoms with van der Waals surface area (Å²) < 4.78 is 15.8. The number of anilines is 3. The molecule has 3 heterocycles. The number of aromatic nitrogens is 2. The van der Waals surface area contributed by atoms with Crippen LogP contribution in [-0.4, -0.2) is 9.55 Å². The van der Waals surface area contributed by atoms with Crippen LogP contribution in [0.25, 0.3) is 83.1 Å². The van der Waals surface area contributed by atoms with Crippen LogP contribution in [0.2, 0.25) is 0 Å². The van der Waals surface area contributed by atoms with E-state index >= 15 is 0 Å². The predicted octanol–water partition coefficient (Wildman–Crippen LogP) is 13.6. The maximum atomic E-state index is 6.83. The van der Waals surface area contributed by atoms with Crippen molar-refractivity contribution in [1.29, 1.82) is 0 Å². The van der Waals surface area contributed by atoms with Gasteiger partial charge in [-0.1, -0.05) is 115 Å². The van der Waals surface area contributed by atoms with Crippen LogP contribution < -0.4 is 4.90 Å². The first-order valence-corrected chi connectivity index (χ1v) is 18.1. The number of rotatable bonds is 6. The molecule has 5 nitrogen and oxygen atoms in total. The molecule has 0 atom stereocenters. The van der Waals surface area contributed by atoms with Gasteiger partial charge in [0.1, 0.15) is 11.1 Å². The molecule has 11 aromatic rings. The molecular weight excluding hydrogens is 663 g/mol. The molecule has 0 aliphatic heterocycles. The molecule has 0 fully saturated rings. The molecule has 0 bridgehead atoms. The maximum Gasteiger partial charge on any atom is 0.227 e. The van der Waals surface area contributed by atoms with Gasteiger partial charge >= 0.3 is 0 Å². The highest BCUT2D eigenvalue weighted by Gasteiger charge is 2.26. The van der Waals surface area contributed by atoms with Gasteiger partial charge in [0.05, 0.1) is 22.1 Å². The summed E-state index contributed by atoms with van der Waals surface area (Å²) in [4.78, 5) is 7.41. The number of nitrogens with zero attached hydrogens (tertiary/aromatic N) is 3. The smallest absolute Gasteiger partial charge is 0.227 e. The van der Waals surface area contributed by atoms with Crippen LogP contribution in [0.5, 0.6) is 0 Å². The zero-order valence-electron chi connectivity index (χ0n) is 29.1. The Balaban J connectivity index is 1.22. The molecule has 8 aromatic carbocycles. The summed E-state index contributed by atoms with van der Waals surface area (Å²) in [6.07, 6.45) is 0. The van der Waals surface area contributed by atoms with E-state index < -0.39 is 0 Å². The van der Waals surface area contributed by atoms with E-state index in [0.29, 0.717) is 11.5 Å². The van der Waals surface area contributed by atoms with E-state index in [1.807, 2.05) is 48.5 Å². The van der Waals surface area contributed by atoms with Crippen molar-refractivity contribution in [2.75, 3.05) is 4.90 Å². The van der Waals surface area contributed by atoms with E-state index in [0.717, 1.165) is 83.3 Å². The van der Waals surface area contributed by atoms with Crippen molar-refractivity contribution in [2.45, 2.75) is 0 Å². The lowest BCUT2D eigenvalue weighted by molar-refractivity contribution is 0.622. The third kappa shape index (κ3) is 4.76. The van der Waals surface area contributed by atoms with Crippen LogP contribution in [-0.2, 0) is 0 Å². The third-order valence-electron chi connectivity index (χ3n) is 10.4. The van der Waals surface area contributed by atoms with E-state index in [-0.39, 0.29) is 0 Å². The van der Waals surface area contributed by atoms with Crippen LogP contribution >= 0.6 is 0 Å². The number of fused-ring (bicyclic) bond motifs is 8. The summed E-state index contributed by atoms with van der Waals surface area (Å²) in [5.41, 5.74) is 12.5. The van der Waals surface area contributed by atoms with Crippen molar-refractivity contribution in [2.24, 2.45) is 0 Å². The molecule has 0 unspecified atom stereocenters.